The Morgan fingerprint density at radius 2 is 1.69 bits per heavy atom. The molecule has 0 aliphatic carbocycles. The van der Waals surface area contributed by atoms with E-state index in [1.54, 1.807) is 0 Å². The van der Waals surface area contributed by atoms with E-state index in [2.05, 4.69) is 34.5 Å². The van der Waals surface area contributed by atoms with Crippen molar-refractivity contribution in [3.63, 3.8) is 0 Å². The minimum Gasteiger partial charge on any atom is -0.486 e. The molecule has 2 aromatic rings. The van der Waals surface area contributed by atoms with Crippen LogP contribution < -0.4 is 19.7 Å². The number of nitrogens with zero attached hydrogens (tertiary/aromatic N) is 1. The summed E-state index contributed by atoms with van der Waals surface area (Å²) < 4.78 is 11.0. The molecule has 2 heterocycles. The van der Waals surface area contributed by atoms with Crippen LogP contribution in [0.3, 0.4) is 0 Å². The minimum absolute atomic E-state index is 0.00490. The van der Waals surface area contributed by atoms with Gasteiger partial charge in [0.1, 0.15) is 13.2 Å². The van der Waals surface area contributed by atoms with Gasteiger partial charge in [0.25, 0.3) is 0 Å². The Bertz CT molecular complexity index is 767. The number of carbonyl (C=O) groups excluding carboxylic acids is 1. The Labute approximate surface area is 153 Å². The molecule has 0 unspecified atom stereocenters. The van der Waals surface area contributed by atoms with Crippen molar-refractivity contribution in [2.45, 2.75) is 25.7 Å². The van der Waals surface area contributed by atoms with Crippen molar-refractivity contribution in [1.29, 1.82) is 0 Å². The van der Waals surface area contributed by atoms with Gasteiger partial charge in [0.2, 0.25) is 5.91 Å². The van der Waals surface area contributed by atoms with Crippen molar-refractivity contribution in [3.05, 3.63) is 48.0 Å². The van der Waals surface area contributed by atoms with Crippen LogP contribution in [0.5, 0.6) is 11.5 Å². The van der Waals surface area contributed by atoms with Gasteiger partial charge in [-0.25, -0.2) is 0 Å². The number of hydrogen-bond donors (Lipinski definition) is 1. The van der Waals surface area contributed by atoms with E-state index < -0.39 is 0 Å². The van der Waals surface area contributed by atoms with E-state index >= 15 is 0 Å². The predicted molar refractivity (Wildman–Crippen MR) is 102 cm³/mol. The summed E-state index contributed by atoms with van der Waals surface area (Å²) in [6, 6.07) is 14.1. The zero-order chi connectivity index (χ0) is 17.8. The topological polar surface area (TPSA) is 50.8 Å². The lowest BCUT2D eigenvalue weighted by Gasteiger charge is -2.19. The van der Waals surface area contributed by atoms with E-state index in [9.17, 15) is 4.79 Å². The second kappa shape index (κ2) is 7.68. The van der Waals surface area contributed by atoms with Crippen LogP contribution in [-0.2, 0) is 11.2 Å². The van der Waals surface area contributed by atoms with E-state index in [1.807, 2.05) is 18.2 Å². The standard InChI is InChI=1S/C21H24N2O3/c24-21(22-17-6-9-19-20(15-17)26-14-13-25-19)10-5-16-3-7-18(8-4-16)23-11-1-2-12-23/h3-4,6-9,15H,1-2,5,10-14H2,(H,22,24). The third-order valence-corrected chi connectivity index (χ3v) is 4.87. The molecule has 1 N–H and O–H groups in total. The van der Waals surface area contributed by atoms with Gasteiger partial charge in [-0.05, 0) is 49.1 Å². The molecule has 136 valence electrons. The summed E-state index contributed by atoms with van der Waals surface area (Å²) >= 11 is 0. The maximum absolute atomic E-state index is 12.2. The Hall–Kier alpha value is -2.69. The van der Waals surface area contributed by atoms with Crippen LogP contribution in [0.4, 0.5) is 11.4 Å². The van der Waals surface area contributed by atoms with Gasteiger partial charge in [-0.3, -0.25) is 4.79 Å². The molecule has 5 heteroatoms. The summed E-state index contributed by atoms with van der Waals surface area (Å²) in [5.74, 6) is 1.42. The normalized spacial score (nSPS) is 15.8. The molecule has 5 nitrogen and oxygen atoms in total. The molecule has 0 saturated carbocycles. The van der Waals surface area contributed by atoms with Gasteiger partial charge in [-0.1, -0.05) is 12.1 Å². The number of ether oxygens (including phenoxy) is 2. The van der Waals surface area contributed by atoms with Crippen LogP contribution in [0.15, 0.2) is 42.5 Å². The number of amides is 1. The lowest BCUT2D eigenvalue weighted by atomic mass is 10.1. The fraction of sp³-hybridized carbons (Fsp3) is 0.381. The van der Waals surface area contributed by atoms with Crippen LogP contribution >= 0.6 is 0 Å². The first-order chi connectivity index (χ1) is 12.8. The van der Waals surface area contributed by atoms with Crippen LogP contribution in [0.25, 0.3) is 0 Å². The minimum atomic E-state index is 0.00490. The molecule has 2 aliphatic heterocycles. The fourth-order valence-corrected chi connectivity index (χ4v) is 3.45. The smallest absolute Gasteiger partial charge is 0.224 e. The second-order valence-electron chi connectivity index (χ2n) is 6.77. The summed E-state index contributed by atoms with van der Waals surface area (Å²) in [6.45, 7) is 3.40. The second-order valence-corrected chi connectivity index (χ2v) is 6.77. The van der Waals surface area contributed by atoms with Gasteiger partial charge in [0, 0.05) is 37.0 Å². The highest BCUT2D eigenvalue weighted by Crippen LogP contribution is 2.32. The first-order valence-corrected chi connectivity index (χ1v) is 9.31. The van der Waals surface area contributed by atoms with Crippen molar-refractivity contribution in [2.75, 3.05) is 36.5 Å². The summed E-state index contributed by atoms with van der Waals surface area (Å²) in [4.78, 5) is 14.7. The van der Waals surface area contributed by atoms with Gasteiger partial charge in [-0.2, -0.15) is 0 Å². The lowest BCUT2D eigenvalue weighted by molar-refractivity contribution is -0.116. The SMILES string of the molecule is O=C(CCc1ccc(N2CCCC2)cc1)Nc1ccc2c(c1)OCCO2. The Balaban J connectivity index is 1.29. The molecule has 0 radical (unpaired) electrons. The number of hydrogen-bond acceptors (Lipinski definition) is 4. The van der Waals surface area contributed by atoms with Gasteiger partial charge in [0.05, 0.1) is 0 Å². The zero-order valence-corrected chi connectivity index (χ0v) is 14.9. The number of nitrogens with one attached hydrogen (secondary N) is 1. The molecule has 2 aliphatic rings. The van der Waals surface area contributed by atoms with E-state index in [0.29, 0.717) is 25.4 Å². The van der Waals surface area contributed by atoms with Crippen molar-refractivity contribution in [3.8, 4) is 11.5 Å². The lowest BCUT2D eigenvalue weighted by Crippen LogP contribution is -2.17. The first-order valence-electron chi connectivity index (χ1n) is 9.31. The van der Waals surface area contributed by atoms with Crippen LogP contribution in [0, 0.1) is 0 Å². The van der Waals surface area contributed by atoms with Gasteiger partial charge >= 0.3 is 0 Å². The number of rotatable bonds is 5. The number of aryl methyl sites for hydroxylation is 1. The molecule has 1 saturated heterocycles. The van der Waals surface area contributed by atoms with Crippen LogP contribution in [-0.4, -0.2) is 32.2 Å². The maximum atomic E-state index is 12.2. The highest BCUT2D eigenvalue weighted by atomic mass is 16.6. The highest BCUT2D eigenvalue weighted by molar-refractivity contribution is 5.91. The van der Waals surface area contributed by atoms with Crippen molar-refractivity contribution >= 4 is 17.3 Å². The molecular formula is C21H24N2O3. The highest BCUT2D eigenvalue weighted by Gasteiger charge is 2.14. The fourth-order valence-electron chi connectivity index (χ4n) is 3.45. The predicted octanol–water partition coefficient (Wildman–Crippen LogP) is 3.63. The summed E-state index contributed by atoms with van der Waals surface area (Å²) in [5, 5.41) is 2.94. The van der Waals surface area contributed by atoms with Gasteiger partial charge in [-0.15, -0.1) is 0 Å². The summed E-state index contributed by atoms with van der Waals surface area (Å²) in [6.07, 6.45) is 3.75. The number of carbonyl (C=O) groups is 1. The Kier molecular flexibility index (Phi) is 4.95. The third-order valence-electron chi connectivity index (χ3n) is 4.87. The monoisotopic (exact) mass is 352 g/mol. The molecule has 0 aromatic heterocycles. The van der Waals surface area contributed by atoms with Gasteiger partial charge in [0.15, 0.2) is 11.5 Å². The average Bonchev–Trinajstić information content (AvgIpc) is 3.21. The first kappa shape index (κ1) is 16.8. The molecule has 26 heavy (non-hydrogen) atoms. The van der Waals surface area contributed by atoms with Crippen molar-refractivity contribution in [2.24, 2.45) is 0 Å². The number of anilines is 2. The van der Waals surface area contributed by atoms with Crippen molar-refractivity contribution in [1.82, 2.24) is 0 Å². The van der Waals surface area contributed by atoms with E-state index in [0.717, 1.165) is 30.9 Å². The van der Waals surface area contributed by atoms with Crippen molar-refractivity contribution < 1.29 is 14.3 Å². The number of benzene rings is 2. The van der Waals surface area contributed by atoms with E-state index in [1.165, 1.54) is 24.1 Å². The molecule has 0 bridgehead atoms. The molecule has 1 amide bonds. The van der Waals surface area contributed by atoms with E-state index in [4.69, 9.17) is 9.47 Å². The molecule has 0 atom stereocenters. The average molecular weight is 352 g/mol. The van der Waals surface area contributed by atoms with Crippen LogP contribution in [0.2, 0.25) is 0 Å². The Morgan fingerprint density at radius 3 is 2.46 bits per heavy atom. The molecule has 0 spiro atoms. The maximum Gasteiger partial charge on any atom is 0.224 e. The molecule has 2 aromatic carbocycles. The quantitative estimate of drug-likeness (QED) is 0.893. The third kappa shape index (κ3) is 3.93. The molecule has 1 fully saturated rings. The Morgan fingerprint density at radius 1 is 0.962 bits per heavy atom. The van der Waals surface area contributed by atoms with Gasteiger partial charge < -0.3 is 19.7 Å². The zero-order valence-electron chi connectivity index (χ0n) is 14.9. The van der Waals surface area contributed by atoms with Crippen LogP contribution in [0.1, 0.15) is 24.8 Å². The molecule has 4 rings (SSSR count). The van der Waals surface area contributed by atoms with E-state index in [-0.39, 0.29) is 5.91 Å². The summed E-state index contributed by atoms with van der Waals surface area (Å²) in [5.41, 5.74) is 3.21. The molecular weight excluding hydrogens is 328 g/mol. The number of fused-ring (bicyclic) bond motifs is 1. The largest absolute Gasteiger partial charge is 0.486 e. The summed E-state index contributed by atoms with van der Waals surface area (Å²) in [7, 11) is 0.